The van der Waals surface area contributed by atoms with E-state index in [0.29, 0.717) is 27.2 Å². The Morgan fingerprint density at radius 3 is 2.75 bits per heavy atom. The highest BCUT2D eigenvalue weighted by Crippen LogP contribution is 2.22. The van der Waals surface area contributed by atoms with Gasteiger partial charge in [-0.2, -0.15) is 5.26 Å². The summed E-state index contributed by atoms with van der Waals surface area (Å²) in [6.07, 6.45) is -0.0147. The average molecular weight is 339 g/mol. The van der Waals surface area contributed by atoms with Crippen molar-refractivity contribution in [3.63, 3.8) is 0 Å². The fourth-order valence-corrected chi connectivity index (χ4v) is 2.56. The molecule has 1 aromatic heterocycles. The van der Waals surface area contributed by atoms with Gasteiger partial charge in [0.15, 0.2) is 0 Å². The number of carbonyl (C=O) groups is 1. The molecule has 0 aliphatic rings. The molecule has 0 saturated heterocycles. The van der Waals surface area contributed by atoms with Crippen LogP contribution in [0.15, 0.2) is 57.7 Å². The highest BCUT2D eigenvalue weighted by atomic mass is 35.5. The van der Waals surface area contributed by atoms with Gasteiger partial charge in [-0.05, 0) is 35.9 Å². The number of halogens is 1. The SMILES string of the molecule is N#Cc1ccc2c(CC(=O)Nc3ccccc3Cl)cc(=O)oc2c1. The number of hydrogen-bond donors (Lipinski definition) is 1. The molecule has 118 valence electrons. The van der Waals surface area contributed by atoms with Gasteiger partial charge in [-0.25, -0.2) is 4.79 Å². The first-order valence-electron chi connectivity index (χ1n) is 7.08. The first kappa shape index (κ1) is 15.8. The number of hydrogen-bond acceptors (Lipinski definition) is 4. The van der Waals surface area contributed by atoms with E-state index in [9.17, 15) is 9.59 Å². The Balaban J connectivity index is 1.92. The Kier molecular flexibility index (Phi) is 4.32. The van der Waals surface area contributed by atoms with E-state index in [4.69, 9.17) is 21.3 Å². The van der Waals surface area contributed by atoms with Crippen LogP contribution in [0.25, 0.3) is 11.0 Å². The smallest absolute Gasteiger partial charge is 0.336 e. The van der Waals surface area contributed by atoms with E-state index < -0.39 is 5.63 Å². The molecule has 1 amide bonds. The van der Waals surface area contributed by atoms with Gasteiger partial charge >= 0.3 is 5.63 Å². The molecule has 1 heterocycles. The van der Waals surface area contributed by atoms with Crippen molar-refractivity contribution in [1.29, 1.82) is 5.26 Å². The van der Waals surface area contributed by atoms with Crippen molar-refractivity contribution in [3.05, 3.63) is 75.1 Å². The molecule has 0 atom stereocenters. The van der Waals surface area contributed by atoms with Crippen LogP contribution < -0.4 is 10.9 Å². The van der Waals surface area contributed by atoms with Crippen LogP contribution in [0, 0.1) is 11.3 Å². The molecule has 0 bridgehead atoms. The van der Waals surface area contributed by atoms with E-state index in [1.165, 1.54) is 12.1 Å². The van der Waals surface area contributed by atoms with Crippen molar-refractivity contribution in [3.8, 4) is 6.07 Å². The Morgan fingerprint density at radius 2 is 2.00 bits per heavy atom. The lowest BCUT2D eigenvalue weighted by Gasteiger charge is -2.08. The molecule has 0 saturated carbocycles. The van der Waals surface area contributed by atoms with Gasteiger partial charge in [-0.3, -0.25) is 4.79 Å². The first-order valence-corrected chi connectivity index (χ1v) is 7.46. The van der Waals surface area contributed by atoms with Crippen LogP contribution in [0.3, 0.4) is 0 Å². The summed E-state index contributed by atoms with van der Waals surface area (Å²) in [7, 11) is 0. The molecule has 5 nitrogen and oxygen atoms in total. The number of fused-ring (bicyclic) bond motifs is 1. The third kappa shape index (κ3) is 3.29. The minimum atomic E-state index is -0.571. The van der Waals surface area contributed by atoms with Gasteiger partial charge in [0.1, 0.15) is 5.58 Å². The summed E-state index contributed by atoms with van der Waals surface area (Å²) in [4.78, 5) is 24.0. The lowest BCUT2D eigenvalue weighted by molar-refractivity contribution is -0.115. The number of rotatable bonds is 3. The molecule has 3 aromatic rings. The molecule has 0 aliphatic carbocycles. The van der Waals surface area contributed by atoms with Crippen LogP contribution in [-0.2, 0) is 11.2 Å². The van der Waals surface area contributed by atoms with Gasteiger partial charge in [0.2, 0.25) is 5.91 Å². The number of para-hydroxylation sites is 1. The van der Waals surface area contributed by atoms with E-state index in [1.807, 2.05) is 6.07 Å². The molecule has 6 heteroatoms. The summed E-state index contributed by atoms with van der Waals surface area (Å²) in [6, 6.07) is 14.9. The largest absolute Gasteiger partial charge is 0.423 e. The summed E-state index contributed by atoms with van der Waals surface area (Å²) in [5.74, 6) is -0.306. The van der Waals surface area contributed by atoms with Gasteiger partial charge in [-0.15, -0.1) is 0 Å². The third-order valence-corrected chi connectivity index (χ3v) is 3.79. The Hall–Kier alpha value is -3.10. The average Bonchev–Trinajstić information content (AvgIpc) is 2.56. The highest BCUT2D eigenvalue weighted by Gasteiger charge is 2.12. The van der Waals surface area contributed by atoms with E-state index in [0.717, 1.165) is 0 Å². The van der Waals surface area contributed by atoms with Crippen molar-refractivity contribution in [2.24, 2.45) is 0 Å². The Bertz CT molecular complexity index is 1030. The zero-order chi connectivity index (χ0) is 17.1. The summed E-state index contributed by atoms with van der Waals surface area (Å²) >= 11 is 6.01. The number of carbonyl (C=O) groups excluding carboxylic acids is 1. The quantitative estimate of drug-likeness (QED) is 0.741. The summed E-state index contributed by atoms with van der Waals surface area (Å²) in [5, 5.41) is 12.7. The van der Waals surface area contributed by atoms with Gasteiger partial charge in [0.05, 0.1) is 28.8 Å². The molecule has 0 fully saturated rings. The molecular weight excluding hydrogens is 328 g/mol. The molecule has 2 aromatic carbocycles. The summed E-state index contributed by atoms with van der Waals surface area (Å²) in [6.45, 7) is 0. The zero-order valence-corrected chi connectivity index (χ0v) is 13.1. The number of nitrogens with zero attached hydrogens (tertiary/aromatic N) is 1. The molecule has 0 spiro atoms. The third-order valence-electron chi connectivity index (χ3n) is 3.46. The summed E-state index contributed by atoms with van der Waals surface area (Å²) < 4.78 is 5.10. The van der Waals surface area contributed by atoms with Crippen LogP contribution in [-0.4, -0.2) is 5.91 Å². The van der Waals surface area contributed by atoms with Gasteiger partial charge in [-0.1, -0.05) is 23.7 Å². The lowest BCUT2D eigenvalue weighted by atomic mass is 10.1. The van der Waals surface area contributed by atoms with Crippen LogP contribution in [0.5, 0.6) is 0 Å². The van der Waals surface area contributed by atoms with Crippen LogP contribution in [0.2, 0.25) is 5.02 Å². The van der Waals surface area contributed by atoms with Gasteiger partial charge in [0, 0.05) is 11.5 Å². The number of benzene rings is 2. The van der Waals surface area contributed by atoms with Crippen LogP contribution >= 0.6 is 11.6 Å². The second-order valence-electron chi connectivity index (χ2n) is 5.12. The topological polar surface area (TPSA) is 83.1 Å². The van der Waals surface area contributed by atoms with Crippen molar-refractivity contribution < 1.29 is 9.21 Å². The van der Waals surface area contributed by atoms with Crippen LogP contribution in [0.4, 0.5) is 5.69 Å². The number of nitrogens with one attached hydrogen (secondary N) is 1. The maximum absolute atomic E-state index is 12.3. The maximum Gasteiger partial charge on any atom is 0.336 e. The van der Waals surface area contributed by atoms with E-state index in [1.54, 1.807) is 36.4 Å². The Morgan fingerprint density at radius 1 is 1.21 bits per heavy atom. The van der Waals surface area contributed by atoms with E-state index in [-0.39, 0.29) is 17.9 Å². The second-order valence-corrected chi connectivity index (χ2v) is 5.53. The minimum absolute atomic E-state index is 0.0147. The number of anilines is 1. The van der Waals surface area contributed by atoms with Crippen molar-refractivity contribution in [2.45, 2.75) is 6.42 Å². The highest BCUT2D eigenvalue weighted by molar-refractivity contribution is 6.33. The first-order chi connectivity index (χ1) is 11.6. The molecule has 0 unspecified atom stereocenters. The molecule has 1 N–H and O–H groups in total. The predicted octanol–water partition coefficient (Wildman–Crippen LogP) is 3.50. The lowest BCUT2D eigenvalue weighted by Crippen LogP contribution is -2.16. The second kappa shape index (κ2) is 6.57. The normalized spacial score (nSPS) is 10.3. The molecular formula is C18H11ClN2O3. The predicted molar refractivity (Wildman–Crippen MR) is 91.0 cm³/mol. The molecule has 3 rings (SSSR count). The van der Waals surface area contributed by atoms with E-state index >= 15 is 0 Å². The molecule has 0 radical (unpaired) electrons. The molecule has 24 heavy (non-hydrogen) atoms. The summed E-state index contributed by atoms with van der Waals surface area (Å²) in [5.41, 5.74) is 1.11. The number of amides is 1. The molecule has 0 aliphatic heterocycles. The minimum Gasteiger partial charge on any atom is -0.423 e. The van der Waals surface area contributed by atoms with Crippen molar-refractivity contribution in [1.82, 2.24) is 0 Å². The zero-order valence-electron chi connectivity index (χ0n) is 12.4. The standard InChI is InChI=1S/C18H11ClN2O3/c19-14-3-1-2-4-15(14)21-17(22)8-12-9-18(23)24-16-7-11(10-20)5-6-13(12)16/h1-7,9H,8H2,(H,21,22). The Labute approximate surface area is 142 Å². The van der Waals surface area contributed by atoms with Crippen molar-refractivity contribution in [2.75, 3.05) is 5.32 Å². The van der Waals surface area contributed by atoms with E-state index in [2.05, 4.69) is 5.32 Å². The fraction of sp³-hybridized carbons (Fsp3) is 0.0556. The van der Waals surface area contributed by atoms with Crippen molar-refractivity contribution >= 4 is 34.2 Å². The maximum atomic E-state index is 12.3. The van der Waals surface area contributed by atoms with Gasteiger partial charge < -0.3 is 9.73 Å². The fourth-order valence-electron chi connectivity index (χ4n) is 2.38. The van der Waals surface area contributed by atoms with Crippen LogP contribution in [0.1, 0.15) is 11.1 Å². The monoisotopic (exact) mass is 338 g/mol. The van der Waals surface area contributed by atoms with Gasteiger partial charge in [0.25, 0.3) is 0 Å². The number of nitriles is 1.